The summed E-state index contributed by atoms with van der Waals surface area (Å²) in [5.41, 5.74) is 0.642. The highest BCUT2D eigenvalue weighted by molar-refractivity contribution is 6.30. The molecule has 4 atom stereocenters. The van der Waals surface area contributed by atoms with Crippen molar-refractivity contribution in [1.82, 2.24) is 9.80 Å². The van der Waals surface area contributed by atoms with Crippen molar-refractivity contribution in [2.75, 3.05) is 33.3 Å². The third-order valence-corrected chi connectivity index (χ3v) is 7.86. The summed E-state index contributed by atoms with van der Waals surface area (Å²) >= 11 is 11.8. The fourth-order valence-corrected chi connectivity index (χ4v) is 5.55. The molecule has 0 radical (unpaired) electrons. The van der Waals surface area contributed by atoms with E-state index in [9.17, 15) is 24.3 Å². The fourth-order valence-electron chi connectivity index (χ4n) is 5.29. The van der Waals surface area contributed by atoms with E-state index in [1.807, 2.05) is 45.0 Å². The van der Waals surface area contributed by atoms with E-state index in [1.54, 1.807) is 49.9 Å². The van der Waals surface area contributed by atoms with E-state index < -0.39 is 41.2 Å². The summed E-state index contributed by atoms with van der Waals surface area (Å²) in [6.45, 7) is 12.0. The Hall–Kier alpha value is -3.50. The molecule has 0 bridgehead atoms. The molecule has 2 aliphatic rings. The topological polar surface area (TPSA) is 123 Å². The zero-order valence-electron chi connectivity index (χ0n) is 26.7. The van der Waals surface area contributed by atoms with Gasteiger partial charge in [0.25, 0.3) is 0 Å². The number of methoxy groups -OCH3 is 1. The number of hydrogen-bond acceptors (Lipinski definition) is 7. The van der Waals surface area contributed by atoms with Crippen LogP contribution in [-0.4, -0.2) is 83.5 Å². The van der Waals surface area contributed by atoms with Crippen LogP contribution in [0.1, 0.15) is 64.5 Å². The summed E-state index contributed by atoms with van der Waals surface area (Å²) in [6, 6.07) is 14.4. The van der Waals surface area contributed by atoms with Crippen molar-refractivity contribution in [2.24, 2.45) is 11.8 Å². The van der Waals surface area contributed by atoms with Crippen molar-refractivity contribution < 1.29 is 38.5 Å². The Balaban J connectivity index is 0.000000246. The second kappa shape index (κ2) is 14.7. The van der Waals surface area contributed by atoms with Crippen LogP contribution in [0.15, 0.2) is 48.5 Å². The average molecular weight is 666 g/mol. The molecule has 2 fully saturated rings. The zero-order chi connectivity index (χ0) is 33.7. The van der Waals surface area contributed by atoms with Crippen LogP contribution in [0.2, 0.25) is 10.0 Å². The van der Waals surface area contributed by atoms with Gasteiger partial charge in [0.05, 0.1) is 18.9 Å². The number of ether oxygens (including phenoxy) is 3. The van der Waals surface area contributed by atoms with E-state index in [0.717, 1.165) is 11.1 Å². The molecule has 10 nitrogen and oxygen atoms in total. The minimum Gasteiger partial charge on any atom is -0.481 e. The molecule has 0 aromatic heterocycles. The van der Waals surface area contributed by atoms with Crippen LogP contribution in [0.25, 0.3) is 0 Å². The van der Waals surface area contributed by atoms with Gasteiger partial charge >= 0.3 is 24.1 Å². The maximum absolute atomic E-state index is 12.3. The third-order valence-electron chi connectivity index (χ3n) is 7.36. The maximum Gasteiger partial charge on any atom is 0.410 e. The molecular weight excluding hydrogens is 623 g/mol. The van der Waals surface area contributed by atoms with Crippen molar-refractivity contribution in [3.05, 3.63) is 69.7 Å². The van der Waals surface area contributed by atoms with Crippen LogP contribution in [0.3, 0.4) is 0 Å². The molecule has 12 heteroatoms. The number of rotatable bonds is 4. The minimum atomic E-state index is -0.911. The first-order valence-electron chi connectivity index (χ1n) is 14.7. The minimum absolute atomic E-state index is 0.132. The Morgan fingerprint density at radius 2 is 1.02 bits per heavy atom. The van der Waals surface area contributed by atoms with E-state index in [-0.39, 0.29) is 30.9 Å². The van der Waals surface area contributed by atoms with Crippen molar-refractivity contribution in [2.45, 2.75) is 64.6 Å². The number of likely N-dealkylation sites (tertiary alicyclic amines) is 2. The molecule has 0 aliphatic carbocycles. The monoisotopic (exact) mass is 664 g/mol. The first kappa shape index (κ1) is 36.0. The van der Waals surface area contributed by atoms with Crippen molar-refractivity contribution in [1.29, 1.82) is 0 Å². The zero-order valence-corrected chi connectivity index (χ0v) is 28.2. The van der Waals surface area contributed by atoms with Crippen LogP contribution >= 0.6 is 23.2 Å². The number of carboxylic acids is 1. The molecular formula is C33H42Cl2N2O8. The number of hydrogen-bond donors (Lipinski definition) is 1. The molecule has 2 aromatic carbocycles. The number of benzene rings is 2. The van der Waals surface area contributed by atoms with Crippen LogP contribution in [0.5, 0.6) is 0 Å². The summed E-state index contributed by atoms with van der Waals surface area (Å²) in [5.74, 6) is -2.68. The summed E-state index contributed by atoms with van der Waals surface area (Å²) in [6.07, 6.45) is -0.891. The van der Waals surface area contributed by atoms with E-state index in [2.05, 4.69) is 0 Å². The van der Waals surface area contributed by atoms with Crippen LogP contribution in [-0.2, 0) is 23.8 Å². The van der Waals surface area contributed by atoms with Gasteiger partial charge in [-0.2, -0.15) is 0 Å². The van der Waals surface area contributed by atoms with Crippen molar-refractivity contribution >= 4 is 47.3 Å². The molecule has 2 amide bonds. The lowest BCUT2D eigenvalue weighted by Gasteiger charge is -2.24. The summed E-state index contributed by atoms with van der Waals surface area (Å²) in [7, 11) is 1.36. The Morgan fingerprint density at radius 1 is 0.667 bits per heavy atom. The van der Waals surface area contributed by atoms with Crippen LogP contribution in [0.4, 0.5) is 9.59 Å². The largest absolute Gasteiger partial charge is 0.481 e. The van der Waals surface area contributed by atoms with E-state index in [1.165, 1.54) is 12.0 Å². The summed E-state index contributed by atoms with van der Waals surface area (Å²) < 4.78 is 15.6. The number of amides is 2. The second-order valence-corrected chi connectivity index (χ2v) is 14.0. The van der Waals surface area contributed by atoms with E-state index >= 15 is 0 Å². The van der Waals surface area contributed by atoms with Crippen molar-refractivity contribution in [3.8, 4) is 0 Å². The van der Waals surface area contributed by atoms with Gasteiger partial charge in [0.15, 0.2) is 0 Å². The third kappa shape index (κ3) is 10.3. The molecule has 4 rings (SSSR count). The number of nitrogens with zero attached hydrogens (tertiary/aromatic N) is 2. The normalized spacial score (nSPS) is 21.4. The highest BCUT2D eigenvalue weighted by Crippen LogP contribution is 2.36. The Morgan fingerprint density at radius 3 is 1.36 bits per heavy atom. The molecule has 45 heavy (non-hydrogen) atoms. The van der Waals surface area contributed by atoms with Gasteiger partial charge in [-0.05, 0) is 76.9 Å². The van der Waals surface area contributed by atoms with Crippen molar-refractivity contribution in [3.63, 3.8) is 0 Å². The number of carbonyl (C=O) groups is 4. The average Bonchev–Trinajstić information content (AvgIpc) is 3.58. The predicted molar refractivity (Wildman–Crippen MR) is 171 cm³/mol. The van der Waals surface area contributed by atoms with Crippen LogP contribution in [0, 0.1) is 11.8 Å². The number of aliphatic carboxylic acids is 1. The molecule has 0 unspecified atom stereocenters. The molecule has 0 saturated carbocycles. The van der Waals surface area contributed by atoms with Crippen LogP contribution < -0.4 is 0 Å². The van der Waals surface area contributed by atoms with E-state index in [0.29, 0.717) is 23.1 Å². The molecule has 1 N–H and O–H groups in total. The molecule has 2 heterocycles. The van der Waals surface area contributed by atoms with Gasteiger partial charge in [0, 0.05) is 48.1 Å². The molecule has 2 saturated heterocycles. The fraction of sp³-hybridized carbons (Fsp3) is 0.515. The van der Waals surface area contributed by atoms with E-state index in [4.69, 9.17) is 37.4 Å². The highest BCUT2D eigenvalue weighted by atomic mass is 35.5. The number of carboxylic acid groups (broad SMARTS) is 1. The molecule has 246 valence electrons. The summed E-state index contributed by atoms with van der Waals surface area (Å²) in [4.78, 5) is 51.0. The number of esters is 1. The van der Waals surface area contributed by atoms with Gasteiger partial charge in [-0.15, -0.1) is 0 Å². The lowest BCUT2D eigenvalue weighted by molar-refractivity contribution is -0.145. The molecule has 2 aromatic rings. The molecule has 2 aliphatic heterocycles. The first-order chi connectivity index (χ1) is 20.9. The lowest BCUT2D eigenvalue weighted by Crippen LogP contribution is -2.36. The lowest BCUT2D eigenvalue weighted by atomic mass is 9.89. The van der Waals surface area contributed by atoms with Gasteiger partial charge in [0.1, 0.15) is 11.2 Å². The predicted octanol–water partition coefficient (Wildman–Crippen LogP) is 6.84. The van der Waals surface area contributed by atoms with Gasteiger partial charge in [-0.1, -0.05) is 47.5 Å². The number of halogens is 2. The summed E-state index contributed by atoms with van der Waals surface area (Å²) in [5, 5.41) is 10.7. The van der Waals surface area contributed by atoms with Gasteiger partial charge < -0.3 is 29.1 Å². The van der Waals surface area contributed by atoms with Gasteiger partial charge in [-0.3, -0.25) is 9.59 Å². The Bertz CT molecular complexity index is 1350. The quantitative estimate of drug-likeness (QED) is 0.278. The van der Waals surface area contributed by atoms with Gasteiger partial charge in [0.2, 0.25) is 0 Å². The SMILES string of the molecule is CC(C)(C)OC(=O)N1C[C@@H](C(=O)O)[C@H](c2ccc(Cl)cc2)C1.COC(=O)[C@@H]1CN(C(=O)OC(C)(C)C)C[C@H]1c1ccc(Cl)cc1. The standard InChI is InChI=1S/C17H22ClNO4.C16H20ClNO4/c1-17(2,3)23-16(21)19-9-13(14(10-19)15(20)22-4)11-5-7-12(18)8-6-11;1-16(2,3)22-15(21)18-8-12(13(9-18)14(19)20)10-4-6-11(17)7-5-10/h5-8,13-14H,9-10H2,1-4H3;4-7,12-13H,8-9H2,1-3H3,(H,19,20)/t13-,14+;12-,13+/m00/s1. The Labute approximate surface area is 274 Å². The first-order valence-corrected chi connectivity index (χ1v) is 15.4. The van der Waals surface area contributed by atoms with Gasteiger partial charge in [-0.25, -0.2) is 9.59 Å². The smallest absolute Gasteiger partial charge is 0.410 e. The second-order valence-electron chi connectivity index (χ2n) is 13.2. The number of carbonyl (C=O) groups excluding carboxylic acids is 3. The highest BCUT2D eigenvalue weighted by Gasteiger charge is 2.43. The molecule has 0 spiro atoms. The Kier molecular flexibility index (Phi) is 11.8. The maximum atomic E-state index is 12.3.